The smallest absolute Gasteiger partial charge is 0.204 e. The van der Waals surface area contributed by atoms with Crippen LogP contribution in [0.3, 0.4) is 0 Å². The molecule has 0 spiro atoms. The van der Waals surface area contributed by atoms with E-state index in [2.05, 4.69) is 34.0 Å². The number of halogens is 1. The zero-order valence-electron chi connectivity index (χ0n) is 11.8. The molecule has 0 bridgehead atoms. The summed E-state index contributed by atoms with van der Waals surface area (Å²) in [5, 5.41) is 3.48. The van der Waals surface area contributed by atoms with Gasteiger partial charge in [0.1, 0.15) is 5.82 Å². The number of hydrogen-bond donors (Lipinski definition) is 2. The lowest BCUT2D eigenvalue weighted by molar-refractivity contribution is 0.355. The second-order valence-corrected chi connectivity index (χ2v) is 6.51. The molecule has 0 radical (unpaired) electrons. The third kappa shape index (κ3) is 1.59. The predicted octanol–water partition coefficient (Wildman–Crippen LogP) is 2.14. The summed E-state index contributed by atoms with van der Waals surface area (Å²) >= 11 is 0. The van der Waals surface area contributed by atoms with Crippen molar-refractivity contribution >= 4 is 17.0 Å². The van der Waals surface area contributed by atoms with Crippen LogP contribution in [0.5, 0.6) is 0 Å². The van der Waals surface area contributed by atoms with Crippen LogP contribution in [0.15, 0.2) is 18.2 Å². The molecule has 2 unspecified atom stereocenters. The number of fused-ring (bicyclic) bond motifs is 2. The molecule has 2 aliphatic heterocycles. The fraction of sp³-hybridized carbons (Fsp3) is 0.533. The van der Waals surface area contributed by atoms with Gasteiger partial charge in [0, 0.05) is 25.2 Å². The monoisotopic (exact) mass is 274 g/mol. The summed E-state index contributed by atoms with van der Waals surface area (Å²) in [6.45, 7) is 7.71. The molecule has 0 amide bonds. The Kier molecular flexibility index (Phi) is 2.40. The number of nitrogens with zero attached hydrogens (tertiary/aromatic N) is 2. The normalized spacial score (nSPS) is 28.2. The molecule has 2 fully saturated rings. The van der Waals surface area contributed by atoms with Gasteiger partial charge in [-0.1, -0.05) is 0 Å². The van der Waals surface area contributed by atoms with Gasteiger partial charge in [-0.2, -0.15) is 0 Å². The maximum atomic E-state index is 13.3. The first-order valence-corrected chi connectivity index (χ1v) is 7.19. The van der Waals surface area contributed by atoms with Gasteiger partial charge < -0.3 is 15.2 Å². The molecule has 2 N–H and O–H groups in total. The number of aromatic nitrogens is 2. The summed E-state index contributed by atoms with van der Waals surface area (Å²) in [7, 11) is 0. The molecule has 5 heteroatoms. The van der Waals surface area contributed by atoms with Gasteiger partial charge in [0.05, 0.1) is 11.0 Å². The molecule has 0 saturated carbocycles. The average molecular weight is 274 g/mol. The Hall–Kier alpha value is -1.62. The SMILES string of the molecule is CC1(C)C2CNCC2CN1c1nc2ccc(F)cc2[nH]1. The van der Waals surface area contributed by atoms with Crippen LogP contribution in [0.4, 0.5) is 10.3 Å². The largest absolute Gasteiger partial charge is 0.337 e. The summed E-state index contributed by atoms with van der Waals surface area (Å²) < 4.78 is 13.3. The first-order valence-electron chi connectivity index (χ1n) is 7.19. The van der Waals surface area contributed by atoms with Crippen molar-refractivity contribution in [3.63, 3.8) is 0 Å². The highest BCUT2D eigenvalue weighted by molar-refractivity contribution is 5.77. The summed E-state index contributed by atoms with van der Waals surface area (Å²) in [4.78, 5) is 10.3. The number of nitrogens with one attached hydrogen (secondary N) is 2. The average Bonchev–Trinajstić information content (AvgIpc) is 3.04. The second-order valence-electron chi connectivity index (χ2n) is 6.51. The molecule has 20 heavy (non-hydrogen) atoms. The molecule has 106 valence electrons. The van der Waals surface area contributed by atoms with Crippen molar-refractivity contribution in [1.82, 2.24) is 15.3 Å². The van der Waals surface area contributed by atoms with Gasteiger partial charge in [-0.05, 0) is 43.9 Å². The van der Waals surface area contributed by atoms with Crippen molar-refractivity contribution in [1.29, 1.82) is 0 Å². The summed E-state index contributed by atoms with van der Waals surface area (Å²) in [6, 6.07) is 4.70. The Morgan fingerprint density at radius 1 is 1.35 bits per heavy atom. The van der Waals surface area contributed by atoms with Crippen molar-refractivity contribution in [2.75, 3.05) is 24.5 Å². The number of benzene rings is 1. The molecule has 2 aliphatic rings. The molecule has 1 aromatic carbocycles. The molecule has 4 nitrogen and oxygen atoms in total. The third-order valence-corrected chi connectivity index (χ3v) is 5.05. The molecule has 3 heterocycles. The molecular formula is C15H19FN4. The van der Waals surface area contributed by atoms with Crippen LogP contribution in [0.1, 0.15) is 13.8 Å². The molecular weight excluding hydrogens is 255 g/mol. The van der Waals surface area contributed by atoms with Crippen LogP contribution in [0.25, 0.3) is 11.0 Å². The molecule has 2 aromatic rings. The van der Waals surface area contributed by atoms with Crippen LogP contribution >= 0.6 is 0 Å². The summed E-state index contributed by atoms with van der Waals surface area (Å²) in [6.07, 6.45) is 0. The number of anilines is 1. The van der Waals surface area contributed by atoms with Crippen molar-refractivity contribution in [2.24, 2.45) is 11.8 Å². The van der Waals surface area contributed by atoms with E-state index in [1.165, 1.54) is 12.1 Å². The Morgan fingerprint density at radius 2 is 2.20 bits per heavy atom. The van der Waals surface area contributed by atoms with E-state index in [0.717, 1.165) is 36.6 Å². The van der Waals surface area contributed by atoms with E-state index in [-0.39, 0.29) is 11.4 Å². The topological polar surface area (TPSA) is 44.0 Å². The lowest BCUT2D eigenvalue weighted by atomic mass is 9.85. The van der Waals surface area contributed by atoms with Crippen molar-refractivity contribution in [3.8, 4) is 0 Å². The number of rotatable bonds is 1. The number of imidazole rings is 1. The molecule has 1 aromatic heterocycles. The first kappa shape index (κ1) is 12.1. The molecule has 4 rings (SSSR count). The van der Waals surface area contributed by atoms with Gasteiger partial charge in [-0.15, -0.1) is 0 Å². The Bertz CT molecular complexity index is 663. The fourth-order valence-electron chi connectivity index (χ4n) is 3.88. The minimum absolute atomic E-state index is 0.0700. The van der Waals surface area contributed by atoms with Crippen LogP contribution in [0.2, 0.25) is 0 Å². The highest BCUT2D eigenvalue weighted by Gasteiger charge is 2.50. The summed E-state index contributed by atoms with van der Waals surface area (Å²) in [5.41, 5.74) is 1.67. The van der Waals surface area contributed by atoms with Crippen LogP contribution in [-0.2, 0) is 0 Å². The quantitative estimate of drug-likeness (QED) is 0.837. The highest BCUT2D eigenvalue weighted by Crippen LogP contribution is 2.42. The minimum atomic E-state index is -0.227. The van der Waals surface area contributed by atoms with Gasteiger partial charge in [0.25, 0.3) is 0 Å². The van der Waals surface area contributed by atoms with Gasteiger partial charge in [0.2, 0.25) is 5.95 Å². The van der Waals surface area contributed by atoms with Crippen molar-refractivity contribution in [2.45, 2.75) is 19.4 Å². The van der Waals surface area contributed by atoms with E-state index in [1.54, 1.807) is 6.07 Å². The fourth-order valence-corrected chi connectivity index (χ4v) is 3.88. The zero-order valence-corrected chi connectivity index (χ0v) is 11.8. The van der Waals surface area contributed by atoms with Crippen LogP contribution in [-0.4, -0.2) is 35.1 Å². The van der Waals surface area contributed by atoms with Gasteiger partial charge in [0.15, 0.2) is 0 Å². The second kappa shape index (κ2) is 3.95. The highest BCUT2D eigenvalue weighted by atomic mass is 19.1. The predicted molar refractivity (Wildman–Crippen MR) is 77.3 cm³/mol. The first-order chi connectivity index (χ1) is 9.55. The molecule has 2 saturated heterocycles. The molecule has 2 atom stereocenters. The Morgan fingerprint density at radius 3 is 3.00 bits per heavy atom. The molecule has 0 aliphatic carbocycles. The lowest BCUT2D eigenvalue weighted by Crippen LogP contribution is -2.45. The van der Waals surface area contributed by atoms with Crippen LogP contribution < -0.4 is 10.2 Å². The summed E-state index contributed by atoms with van der Waals surface area (Å²) in [5.74, 6) is 1.96. The Labute approximate surface area is 117 Å². The van der Waals surface area contributed by atoms with Crippen molar-refractivity contribution < 1.29 is 4.39 Å². The van der Waals surface area contributed by atoms with Crippen molar-refractivity contribution in [3.05, 3.63) is 24.0 Å². The third-order valence-electron chi connectivity index (χ3n) is 5.05. The maximum absolute atomic E-state index is 13.3. The van der Waals surface area contributed by atoms with E-state index in [9.17, 15) is 4.39 Å². The maximum Gasteiger partial charge on any atom is 0.204 e. The number of H-pyrrole nitrogens is 1. The van der Waals surface area contributed by atoms with E-state index < -0.39 is 0 Å². The van der Waals surface area contributed by atoms with Gasteiger partial charge in [-0.3, -0.25) is 0 Å². The van der Waals surface area contributed by atoms with E-state index in [0.29, 0.717) is 11.8 Å². The van der Waals surface area contributed by atoms with E-state index in [1.807, 2.05) is 0 Å². The zero-order chi connectivity index (χ0) is 13.9. The van der Waals surface area contributed by atoms with Gasteiger partial charge >= 0.3 is 0 Å². The van der Waals surface area contributed by atoms with E-state index >= 15 is 0 Å². The minimum Gasteiger partial charge on any atom is -0.337 e. The number of aromatic amines is 1. The standard InChI is InChI=1S/C15H19FN4/c1-15(2)11-7-17-6-9(11)8-20(15)14-18-12-4-3-10(16)5-13(12)19-14/h3-5,9,11,17H,6-8H2,1-2H3,(H,18,19). The van der Waals surface area contributed by atoms with Gasteiger partial charge in [-0.25, -0.2) is 9.37 Å². The lowest BCUT2D eigenvalue weighted by Gasteiger charge is -2.35. The van der Waals surface area contributed by atoms with Crippen LogP contribution in [0, 0.1) is 17.7 Å². The van der Waals surface area contributed by atoms with E-state index in [4.69, 9.17) is 0 Å². The number of hydrogen-bond acceptors (Lipinski definition) is 3. The Balaban J connectivity index is 1.75.